The lowest BCUT2D eigenvalue weighted by Gasteiger charge is -2.13. The number of benzene rings is 1. The van der Waals surface area contributed by atoms with Crippen molar-refractivity contribution < 1.29 is 13.7 Å². The first-order valence-electron chi connectivity index (χ1n) is 6.08. The van der Waals surface area contributed by atoms with Crippen molar-refractivity contribution in [2.75, 3.05) is 32.3 Å². The fourth-order valence-corrected chi connectivity index (χ4v) is 2.64. The van der Waals surface area contributed by atoms with Gasteiger partial charge in [-0.2, -0.15) is 0 Å². The summed E-state index contributed by atoms with van der Waals surface area (Å²) in [5.41, 5.74) is 1.09. The van der Waals surface area contributed by atoms with E-state index in [1.54, 1.807) is 13.4 Å². The number of methoxy groups -OCH3 is 1. The Kier molecular flexibility index (Phi) is 7.41. The van der Waals surface area contributed by atoms with Gasteiger partial charge in [-0.3, -0.25) is 4.21 Å². The van der Waals surface area contributed by atoms with Crippen molar-refractivity contribution in [3.05, 3.63) is 22.2 Å². The third-order valence-electron chi connectivity index (χ3n) is 2.47. The molecule has 0 aliphatic rings. The summed E-state index contributed by atoms with van der Waals surface area (Å²) in [5, 5.41) is 3.25. The van der Waals surface area contributed by atoms with E-state index in [2.05, 4.69) is 21.2 Å². The lowest BCUT2D eigenvalue weighted by atomic mass is 10.2. The molecule has 0 saturated carbocycles. The highest BCUT2D eigenvalue weighted by Crippen LogP contribution is 2.36. The number of hydrogen-bond acceptors (Lipinski definition) is 4. The Morgan fingerprint density at radius 1 is 1.42 bits per heavy atom. The lowest BCUT2D eigenvalue weighted by molar-refractivity contribution is 0.308. The minimum Gasteiger partial charge on any atom is -0.493 e. The average Bonchev–Trinajstić information content (AvgIpc) is 2.37. The van der Waals surface area contributed by atoms with Gasteiger partial charge in [0.15, 0.2) is 11.5 Å². The first kappa shape index (κ1) is 16.5. The van der Waals surface area contributed by atoms with Crippen LogP contribution in [0.1, 0.15) is 12.5 Å². The number of hydrogen-bond donors (Lipinski definition) is 1. The smallest absolute Gasteiger partial charge is 0.175 e. The summed E-state index contributed by atoms with van der Waals surface area (Å²) < 4.78 is 22.7. The van der Waals surface area contributed by atoms with Crippen LogP contribution in [0.15, 0.2) is 16.6 Å². The van der Waals surface area contributed by atoms with Crippen LogP contribution in [-0.4, -0.2) is 36.5 Å². The fraction of sp³-hybridized carbons (Fsp3) is 0.538. The molecule has 19 heavy (non-hydrogen) atoms. The molecule has 0 fully saturated rings. The van der Waals surface area contributed by atoms with Gasteiger partial charge in [0, 0.05) is 35.9 Å². The van der Waals surface area contributed by atoms with Crippen LogP contribution >= 0.6 is 15.9 Å². The van der Waals surface area contributed by atoms with E-state index in [0.717, 1.165) is 22.3 Å². The summed E-state index contributed by atoms with van der Waals surface area (Å²) in [6.45, 7) is 3.97. The Bertz CT molecular complexity index is 440. The first-order chi connectivity index (χ1) is 9.08. The van der Waals surface area contributed by atoms with E-state index in [1.807, 2.05) is 19.1 Å². The predicted molar refractivity (Wildman–Crippen MR) is 82.5 cm³/mol. The molecule has 0 heterocycles. The van der Waals surface area contributed by atoms with Crippen LogP contribution in [0.25, 0.3) is 0 Å². The van der Waals surface area contributed by atoms with Gasteiger partial charge in [-0.05, 0) is 40.5 Å². The molecule has 1 aromatic rings. The second kappa shape index (κ2) is 8.55. The van der Waals surface area contributed by atoms with Crippen LogP contribution < -0.4 is 14.8 Å². The molecule has 0 bridgehead atoms. The van der Waals surface area contributed by atoms with Crippen LogP contribution in [0, 0.1) is 0 Å². The number of halogens is 1. The van der Waals surface area contributed by atoms with Crippen LogP contribution in [0.4, 0.5) is 0 Å². The fourth-order valence-electron chi connectivity index (χ4n) is 1.61. The molecule has 0 aliphatic heterocycles. The van der Waals surface area contributed by atoms with Crippen LogP contribution in [0.2, 0.25) is 0 Å². The second-order valence-corrected chi connectivity index (χ2v) is 6.41. The molecule has 108 valence electrons. The minimum absolute atomic E-state index is 0.592. The highest BCUT2D eigenvalue weighted by molar-refractivity contribution is 9.10. The van der Waals surface area contributed by atoms with E-state index in [-0.39, 0.29) is 0 Å². The highest BCUT2D eigenvalue weighted by atomic mass is 79.9. The molecule has 0 saturated heterocycles. The summed E-state index contributed by atoms with van der Waals surface area (Å²) >= 11 is 3.49. The summed E-state index contributed by atoms with van der Waals surface area (Å²) in [7, 11) is 0.870. The molecular weight excluding hydrogens is 330 g/mol. The Morgan fingerprint density at radius 3 is 2.74 bits per heavy atom. The van der Waals surface area contributed by atoms with Gasteiger partial charge in [-0.15, -0.1) is 0 Å². The van der Waals surface area contributed by atoms with Gasteiger partial charge in [0.05, 0.1) is 18.2 Å². The largest absolute Gasteiger partial charge is 0.493 e. The van der Waals surface area contributed by atoms with Crippen molar-refractivity contribution in [3.8, 4) is 11.5 Å². The zero-order valence-corrected chi connectivity index (χ0v) is 13.9. The van der Waals surface area contributed by atoms with Crippen LogP contribution in [-0.2, 0) is 17.3 Å². The molecule has 6 heteroatoms. The topological polar surface area (TPSA) is 47.6 Å². The van der Waals surface area contributed by atoms with Gasteiger partial charge in [0.1, 0.15) is 0 Å². The molecule has 0 aliphatic carbocycles. The molecule has 0 amide bonds. The maximum Gasteiger partial charge on any atom is 0.175 e. The molecule has 0 radical (unpaired) electrons. The van der Waals surface area contributed by atoms with E-state index in [9.17, 15) is 4.21 Å². The number of nitrogens with one attached hydrogen (secondary N) is 1. The molecule has 0 spiro atoms. The van der Waals surface area contributed by atoms with Crippen molar-refractivity contribution >= 4 is 26.7 Å². The van der Waals surface area contributed by atoms with Gasteiger partial charge in [0.2, 0.25) is 0 Å². The number of ether oxygens (including phenoxy) is 2. The van der Waals surface area contributed by atoms with E-state index < -0.39 is 10.8 Å². The highest BCUT2D eigenvalue weighted by Gasteiger charge is 2.10. The normalized spacial score (nSPS) is 12.2. The molecule has 1 unspecified atom stereocenters. The van der Waals surface area contributed by atoms with Crippen LogP contribution in [0.5, 0.6) is 11.5 Å². The quantitative estimate of drug-likeness (QED) is 0.731. The summed E-state index contributed by atoms with van der Waals surface area (Å²) in [6.07, 6.45) is 1.71. The Balaban J connectivity index is 2.69. The maximum absolute atomic E-state index is 11.0. The summed E-state index contributed by atoms with van der Waals surface area (Å²) in [5.74, 6) is 2.10. The molecule has 1 N–H and O–H groups in total. The van der Waals surface area contributed by atoms with Crippen molar-refractivity contribution in [1.82, 2.24) is 5.32 Å². The zero-order valence-electron chi connectivity index (χ0n) is 11.5. The first-order valence-corrected chi connectivity index (χ1v) is 8.60. The van der Waals surface area contributed by atoms with E-state index >= 15 is 0 Å². The standard InChI is InChI=1S/C13H20BrNO3S/c1-4-18-13-11(14)7-10(8-12(13)17-2)9-15-5-6-19(3)16/h7-8,15H,4-6,9H2,1-3H3. The van der Waals surface area contributed by atoms with Crippen molar-refractivity contribution in [2.45, 2.75) is 13.5 Å². The van der Waals surface area contributed by atoms with Gasteiger partial charge in [-0.25, -0.2) is 0 Å². The van der Waals surface area contributed by atoms with Crippen molar-refractivity contribution in [1.29, 1.82) is 0 Å². The molecule has 1 rings (SSSR count). The molecule has 4 nitrogen and oxygen atoms in total. The zero-order chi connectivity index (χ0) is 14.3. The van der Waals surface area contributed by atoms with Crippen molar-refractivity contribution in [2.24, 2.45) is 0 Å². The maximum atomic E-state index is 11.0. The lowest BCUT2D eigenvalue weighted by Crippen LogP contribution is -2.19. The minimum atomic E-state index is -0.757. The van der Waals surface area contributed by atoms with Crippen molar-refractivity contribution in [3.63, 3.8) is 0 Å². The van der Waals surface area contributed by atoms with Gasteiger partial charge in [0.25, 0.3) is 0 Å². The Labute approximate surface area is 125 Å². The van der Waals surface area contributed by atoms with E-state index in [1.165, 1.54) is 0 Å². The molecule has 0 aromatic heterocycles. The van der Waals surface area contributed by atoms with Crippen LogP contribution in [0.3, 0.4) is 0 Å². The molecular formula is C13H20BrNO3S. The number of rotatable bonds is 8. The van der Waals surface area contributed by atoms with E-state index in [0.29, 0.717) is 24.7 Å². The van der Waals surface area contributed by atoms with Gasteiger partial charge in [-0.1, -0.05) is 0 Å². The summed E-state index contributed by atoms with van der Waals surface area (Å²) in [4.78, 5) is 0. The summed E-state index contributed by atoms with van der Waals surface area (Å²) in [6, 6.07) is 3.95. The molecule has 1 aromatic carbocycles. The second-order valence-electron chi connectivity index (χ2n) is 4.00. The Hall–Kier alpha value is -0.590. The van der Waals surface area contributed by atoms with Gasteiger partial charge < -0.3 is 14.8 Å². The van der Waals surface area contributed by atoms with E-state index in [4.69, 9.17) is 9.47 Å². The SMILES string of the molecule is CCOc1c(Br)cc(CNCCS(C)=O)cc1OC. The third-order valence-corrected chi connectivity index (χ3v) is 3.84. The predicted octanol–water partition coefficient (Wildman–Crippen LogP) is 2.32. The third kappa shape index (κ3) is 5.50. The monoisotopic (exact) mass is 349 g/mol. The average molecular weight is 350 g/mol. The van der Waals surface area contributed by atoms with Gasteiger partial charge >= 0.3 is 0 Å². The molecule has 1 atom stereocenters. The Morgan fingerprint density at radius 2 is 2.16 bits per heavy atom.